The summed E-state index contributed by atoms with van der Waals surface area (Å²) in [6, 6.07) is 20.7. The second kappa shape index (κ2) is 9.78. The first kappa shape index (κ1) is 18.2. The maximum atomic E-state index is 5.88. The van der Waals surface area contributed by atoms with E-state index in [1.165, 1.54) is 5.56 Å². The van der Waals surface area contributed by atoms with Crippen molar-refractivity contribution >= 4 is 0 Å². The van der Waals surface area contributed by atoms with Gasteiger partial charge < -0.3 is 10.1 Å². The van der Waals surface area contributed by atoms with Crippen LogP contribution >= 0.6 is 0 Å². The molecule has 0 saturated heterocycles. The third-order valence-electron chi connectivity index (χ3n) is 4.35. The minimum atomic E-state index is 0.378. The van der Waals surface area contributed by atoms with Gasteiger partial charge >= 0.3 is 0 Å². The molecule has 4 heteroatoms. The van der Waals surface area contributed by atoms with Gasteiger partial charge in [0.1, 0.15) is 11.5 Å². The quantitative estimate of drug-likeness (QED) is 0.512. The summed E-state index contributed by atoms with van der Waals surface area (Å²) in [5.41, 5.74) is 1.31. The lowest BCUT2D eigenvalue weighted by Gasteiger charge is -2.19. The van der Waals surface area contributed by atoms with Crippen molar-refractivity contribution < 1.29 is 4.74 Å². The second-order valence-corrected chi connectivity index (χ2v) is 6.40. The van der Waals surface area contributed by atoms with Crippen LogP contribution < -0.4 is 10.1 Å². The Morgan fingerprint density at radius 1 is 1.00 bits per heavy atom. The van der Waals surface area contributed by atoms with Crippen LogP contribution in [0.4, 0.5) is 0 Å². The number of hydrogen-bond acceptors (Lipinski definition) is 3. The van der Waals surface area contributed by atoms with Crippen LogP contribution in [0.1, 0.15) is 37.8 Å². The topological polar surface area (TPSA) is 39.1 Å². The van der Waals surface area contributed by atoms with E-state index in [-0.39, 0.29) is 0 Å². The minimum Gasteiger partial charge on any atom is -0.457 e. The summed E-state index contributed by atoms with van der Waals surface area (Å²) in [6.45, 7) is 4.15. The molecule has 1 unspecified atom stereocenters. The van der Waals surface area contributed by atoms with Gasteiger partial charge in [-0.2, -0.15) is 5.10 Å². The van der Waals surface area contributed by atoms with Crippen LogP contribution in [-0.2, 0) is 6.54 Å². The Labute approximate surface area is 155 Å². The minimum absolute atomic E-state index is 0.378. The Bertz CT molecular complexity index is 739. The number of nitrogens with zero attached hydrogens (tertiary/aromatic N) is 2. The SMILES string of the molecule is CCCC(NCCCn1cccn1)c1ccc(Oc2ccccc2)cc1. The maximum Gasteiger partial charge on any atom is 0.127 e. The van der Waals surface area contributed by atoms with Gasteiger partial charge in [0.05, 0.1) is 0 Å². The molecular formula is C22H27N3O. The first-order valence-electron chi connectivity index (χ1n) is 9.39. The van der Waals surface area contributed by atoms with Gasteiger partial charge in [-0.3, -0.25) is 4.68 Å². The number of ether oxygens (including phenoxy) is 1. The monoisotopic (exact) mass is 349 g/mol. The van der Waals surface area contributed by atoms with E-state index in [9.17, 15) is 0 Å². The number of nitrogens with one attached hydrogen (secondary N) is 1. The van der Waals surface area contributed by atoms with E-state index in [1.54, 1.807) is 0 Å². The number of benzene rings is 2. The first-order valence-corrected chi connectivity index (χ1v) is 9.39. The number of aryl methyl sites for hydroxylation is 1. The molecule has 0 aliphatic carbocycles. The number of aromatic nitrogens is 2. The zero-order valence-corrected chi connectivity index (χ0v) is 15.3. The lowest BCUT2D eigenvalue weighted by atomic mass is 10.0. The molecule has 1 aromatic heterocycles. The van der Waals surface area contributed by atoms with E-state index in [0.717, 1.165) is 43.9 Å². The van der Waals surface area contributed by atoms with Gasteiger partial charge in [0, 0.05) is 25.0 Å². The molecule has 4 nitrogen and oxygen atoms in total. The predicted molar refractivity (Wildman–Crippen MR) is 105 cm³/mol. The van der Waals surface area contributed by atoms with Gasteiger partial charge in [0.25, 0.3) is 0 Å². The smallest absolute Gasteiger partial charge is 0.127 e. The summed E-state index contributed by atoms with van der Waals surface area (Å²) >= 11 is 0. The molecule has 136 valence electrons. The van der Waals surface area contributed by atoms with Gasteiger partial charge in [-0.25, -0.2) is 0 Å². The summed E-state index contributed by atoms with van der Waals surface area (Å²) in [6.07, 6.45) is 7.18. The van der Waals surface area contributed by atoms with Gasteiger partial charge in [-0.1, -0.05) is 43.7 Å². The molecule has 1 heterocycles. The number of para-hydroxylation sites is 1. The Kier molecular flexibility index (Phi) is 6.85. The molecule has 0 aliphatic rings. The van der Waals surface area contributed by atoms with E-state index in [4.69, 9.17) is 4.74 Å². The van der Waals surface area contributed by atoms with E-state index >= 15 is 0 Å². The van der Waals surface area contributed by atoms with Crippen LogP contribution in [0.15, 0.2) is 73.1 Å². The van der Waals surface area contributed by atoms with Crippen molar-refractivity contribution in [2.24, 2.45) is 0 Å². The van der Waals surface area contributed by atoms with Gasteiger partial charge in [-0.05, 0) is 55.3 Å². The Balaban J connectivity index is 1.53. The summed E-state index contributed by atoms with van der Waals surface area (Å²) in [7, 11) is 0. The van der Waals surface area contributed by atoms with E-state index in [0.29, 0.717) is 6.04 Å². The van der Waals surface area contributed by atoms with Crippen molar-refractivity contribution in [3.05, 3.63) is 78.6 Å². The largest absolute Gasteiger partial charge is 0.457 e. The molecule has 26 heavy (non-hydrogen) atoms. The average molecular weight is 349 g/mol. The lowest BCUT2D eigenvalue weighted by molar-refractivity contribution is 0.461. The van der Waals surface area contributed by atoms with Crippen LogP contribution in [0, 0.1) is 0 Å². The molecule has 0 bridgehead atoms. The molecule has 0 amide bonds. The summed E-state index contributed by atoms with van der Waals surface area (Å²) in [4.78, 5) is 0. The Morgan fingerprint density at radius 2 is 1.77 bits per heavy atom. The summed E-state index contributed by atoms with van der Waals surface area (Å²) in [5.74, 6) is 1.73. The standard InChI is InChI=1S/C22H27N3O/c1-2-8-22(23-15-6-17-25-18-7-16-24-25)19-11-13-21(14-12-19)26-20-9-4-3-5-10-20/h3-5,7,9-14,16,18,22-23H,2,6,8,15,17H2,1H3. The highest BCUT2D eigenvalue weighted by molar-refractivity contribution is 5.33. The fraction of sp³-hybridized carbons (Fsp3) is 0.318. The molecule has 2 aromatic carbocycles. The van der Waals surface area contributed by atoms with Crippen LogP contribution in [0.3, 0.4) is 0 Å². The highest BCUT2D eigenvalue weighted by atomic mass is 16.5. The van der Waals surface area contributed by atoms with Crippen LogP contribution in [0.2, 0.25) is 0 Å². The van der Waals surface area contributed by atoms with Crippen LogP contribution in [0.5, 0.6) is 11.5 Å². The molecule has 0 radical (unpaired) electrons. The fourth-order valence-electron chi connectivity index (χ4n) is 3.02. The Morgan fingerprint density at radius 3 is 2.46 bits per heavy atom. The molecule has 1 atom stereocenters. The van der Waals surface area contributed by atoms with Crippen molar-refractivity contribution in [1.29, 1.82) is 0 Å². The van der Waals surface area contributed by atoms with Gasteiger partial charge in [0.15, 0.2) is 0 Å². The molecule has 0 aliphatic heterocycles. The van der Waals surface area contributed by atoms with Gasteiger partial charge in [-0.15, -0.1) is 0 Å². The molecule has 0 fully saturated rings. The molecular weight excluding hydrogens is 322 g/mol. The first-order chi connectivity index (χ1) is 12.8. The number of rotatable bonds is 10. The maximum absolute atomic E-state index is 5.88. The summed E-state index contributed by atoms with van der Waals surface area (Å²) < 4.78 is 7.86. The Hall–Kier alpha value is -2.59. The van der Waals surface area contributed by atoms with Crippen LogP contribution in [0.25, 0.3) is 0 Å². The number of hydrogen-bond donors (Lipinski definition) is 1. The van der Waals surface area contributed by atoms with E-state index in [1.807, 2.05) is 53.5 Å². The van der Waals surface area contributed by atoms with E-state index in [2.05, 4.69) is 41.6 Å². The highest BCUT2D eigenvalue weighted by Crippen LogP contribution is 2.25. The van der Waals surface area contributed by atoms with Gasteiger partial charge in [0.2, 0.25) is 0 Å². The highest BCUT2D eigenvalue weighted by Gasteiger charge is 2.10. The molecule has 3 rings (SSSR count). The zero-order chi connectivity index (χ0) is 18.0. The van der Waals surface area contributed by atoms with Crippen molar-refractivity contribution in [1.82, 2.24) is 15.1 Å². The molecule has 0 saturated carbocycles. The van der Waals surface area contributed by atoms with Crippen molar-refractivity contribution in [3.8, 4) is 11.5 Å². The van der Waals surface area contributed by atoms with Crippen molar-refractivity contribution in [2.75, 3.05) is 6.54 Å². The molecule has 3 aromatic rings. The lowest BCUT2D eigenvalue weighted by Crippen LogP contribution is -2.23. The zero-order valence-electron chi connectivity index (χ0n) is 15.3. The van der Waals surface area contributed by atoms with Crippen molar-refractivity contribution in [3.63, 3.8) is 0 Å². The normalized spacial score (nSPS) is 12.0. The third-order valence-corrected chi connectivity index (χ3v) is 4.35. The van der Waals surface area contributed by atoms with E-state index < -0.39 is 0 Å². The van der Waals surface area contributed by atoms with Crippen LogP contribution in [-0.4, -0.2) is 16.3 Å². The average Bonchev–Trinajstić information content (AvgIpc) is 3.19. The molecule has 0 spiro atoms. The predicted octanol–water partition coefficient (Wildman–Crippen LogP) is 5.20. The second-order valence-electron chi connectivity index (χ2n) is 6.40. The summed E-state index contributed by atoms with van der Waals surface area (Å²) in [5, 5.41) is 7.93. The fourth-order valence-corrected chi connectivity index (χ4v) is 3.02. The molecule has 1 N–H and O–H groups in total. The van der Waals surface area contributed by atoms with Crippen molar-refractivity contribution in [2.45, 2.75) is 38.8 Å². The third kappa shape index (κ3) is 5.46.